The van der Waals surface area contributed by atoms with E-state index in [4.69, 9.17) is 23.2 Å². The molecule has 0 amide bonds. The summed E-state index contributed by atoms with van der Waals surface area (Å²) in [4.78, 5) is -2.19. The minimum atomic E-state index is -4.39. The Kier molecular flexibility index (Phi) is 1.42. The molecule has 0 aromatic rings. The van der Waals surface area contributed by atoms with Crippen LogP contribution in [0.2, 0.25) is 0 Å². The Balaban J connectivity index is 2.29. The van der Waals surface area contributed by atoms with Crippen molar-refractivity contribution in [3.8, 4) is 0 Å². The fourth-order valence-corrected chi connectivity index (χ4v) is 1.97. The number of hydrogen-bond donors (Lipinski definition) is 0. The number of rotatable bonds is 0. The van der Waals surface area contributed by atoms with E-state index in [0.29, 0.717) is 10.6 Å². The summed E-state index contributed by atoms with van der Waals surface area (Å²) in [6.07, 6.45) is -2.09. The van der Waals surface area contributed by atoms with Crippen molar-refractivity contribution in [1.82, 2.24) is 0 Å². The first-order valence-electron chi connectivity index (χ1n) is 3.22. The highest BCUT2D eigenvalue weighted by molar-refractivity contribution is 6.36. The van der Waals surface area contributed by atoms with Crippen molar-refractivity contribution in [2.45, 2.75) is 11.1 Å². The molecule has 2 rings (SSSR count). The first-order valence-corrected chi connectivity index (χ1v) is 3.98. The summed E-state index contributed by atoms with van der Waals surface area (Å²) in [5, 5.41) is 0.389. The van der Waals surface area contributed by atoms with Gasteiger partial charge in [0.1, 0.15) is 0 Å². The van der Waals surface area contributed by atoms with Crippen molar-refractivity contribution in [3.05, 3.63) is 22.8 Å². The average molecular weight is 215 g/mol. The van der Waals surface area contributed by atoms with Gasteiger partial charge in [-0.2, -0.15) is 13.2 Å². The predicted molar refractivity (Wildman–Crippen MR) is 40.1 cm³/mol. The Labute approximate surface area is 76.6 Å². The zero-order valence-electron chi connectivity index (χ0n) is 5.62. The summed E-state index contributed by atoms with van der Waals surface area (Å²) >= 11 is 10.8. The highest BCUT2D eigenvalue weighted by Gasteiger charge is 2.65. The molecule has 2 aliphatic rings. The molecule has 0 spiro atoms. The number of fused-ring (bicyclic) bond motifs is 1. The van der Waals surface area contributed by atoms with E-state index in [0.717, 1.165) is 6.08 Å². The van der Waals surface area contributed by atoms with Crippen molar-refractivity contribution >= 4 is 23.2 Å². The van der Waals surface area contributed by atoms with Crippen LogP contribution >= 0.6 is 23.2 Å². The molecule has 0 aromatic heterocycles. The maximum Gasteiger partial charge on any atom is 0.412 e. The molecule has 0 bridgehead atoms. The van der Waals surface area contributed by atoms with E-state index in [9.17, 15) is 13.2 Å². The van der Waals surface area contributed by atoms with Crippen LogP contribution in [0.25, 0.3) is 0 Å². The van der Waals surface area contributed by atoms with Gasteiger partial charge in [0.25, 0.3) is 0 Å². The Hall–Kier alpha value is -0.150. The molecule has 0 saturated heterocycles. The molecular weight excluding hydrogens is 212 g/mol. The second kappa shape index (κ2) is 2.02. The van der Waals surface area contributed by atoms with Gasteiger partial charge in [-0.3, -0.25) is 0 Å². The fourth-order valence-electron chi connectivity index (χ4n) is 1.37. The van der Waals surface area contributed by atoms with Crippen LogP contribution in [0.3, 0.4) is 0 Å². The van der Waals surface area contributed by atoms with Crippen LogP contribution in [0.4, 0.5) is 13.2 Å². The largest absolute Gasteiger partial charge is 0.412 e. The highest BCUT2D eigenvalue weighted by atomic mass is 35.5. The maximum atomic E-state index is 12.2. The van der Waals surface area contributed by atoms with Crippen molar-refractivity contribution in [3.63, 3.8) is 0 Å². The minimum Gasteiger partial charge on any atom is -0.169 e. The van der Waals surface area contributed by atoms with E-state index >= 15 is 0 Å². The van der Waals surface area contributed by atoms with Gasteiger partial charge in [0.05, 0.1) is 0 Å². The van der Waals surface area contributed by atoms with E-state index in [2.05, 4.69) is 0 Å². The lowest BCUT2D eigenvalue weighted by Gasteiger charge is -2.47. The molecule has 0 fully saturated rings. The van der Waals surface area contributed by atoms with Crippen LogP contribution in [0.1, 0.15) is 0 Å². The summed E-state index contributed by atoms with van der Waals surface area (Å²) in [5.41, 5.74) is 0.518. The summed E-state index contributed by atoms with van der Waals surface area (Å²) in [5.74, 6) is -0.730. The lowest BCUT2D eigenvalue weighted by molar-refractivity contribution is -0.162. The Morgan fingerprint density at radius 1 is 1.42 bits per heavy atom. The molecule has 0 N–H and O–H groups in total. The minimum absolute atomic E-state index is 0.389. The topological polar surface area (TPSA) is 0 Å². The molecule has 0 aromatic carbocycles. The highest BCUT2D eigenvalue weighted by Crippen LogP contribution is 2.60. The molecule has 2 atom stereocenters. The third-order valence-corrected chi connectivity index (χ3v) is 3.08. The molecular formula is C7H3Cl2F3. The van der Waals surface area contributed by atoms with Gasteiger partial charge in [-0.15, -0.1) is 11.6 Å². The number of halogens is 5. The van der Waals surface area contributed by atoms with E-state index in [-0.39, 0.29) is 0 Å². The van der Waals surface area contributed by atoms with Gasteiger partial charge < -0.3 is 0 Å². The van der Waals surface area contributed by atoms with Gasteiger partial charge in [-0.25, -0.2) is 0 Å². The van der Waals surface area contributed by atoms with Crippen LogP contribution in [0, 0.1) is 5.92 Å². The monoisotopic (exact) mass is 214 g/mol. The van der Waals surface area contributed by atoms with Crippen molar-refractivity contribution in [1.29, 1.82) is 0 Å². The molecule has 0 nitrogen and oxygen atoms in total. The fraction of sp³-hybridized carbons (Fsp3) is 0.429. The Morgan fingerprint density at radius 3 is 2.25 bits per heavy atom. The summed E-state index contributed by atoms with van der Waals surface area (Å²) in [6.45, 7) is 0. The van der Waals surface area contributed by atoms with Crippen molar-refractivity contribution in [2.75, 3.05) is 0 Å². The standard InChI is InChI=1S/C7H3Cl2F3/c8-5-1-4-3(5)2-6(4,9)7(10,11)12/h1-2,4H/t4-,6-/m1/s1. The summed E-state index contributed by atoms with van der Waals surface area (Å²) in [7, 11) is 0. The van der Waals surface area contributed by atoms with Gasteiger partial charge in [0, 0.05) is 11.0 Å². The quantitative estimate of drug-likeness (QED) is 0.544. The van der Waals surface area contributed by atoms with E-state index < -0.39 is 17.0 Å². The SMILES string of the molecule is FC(F)(F)[C@@]1(Cl)C=C2C(Cl)=C[C@H]21. The van der Waals surface area contributed by atoms with Crippen LogP contribution in [0.15, 0.2) is 22.8 Å². The van der Waals surface area contributed by atoms with Crippen LogP contribution in [-0.4, -0.2) is 11.1 Å². The first-order chi connectivity index (χ1) is 5.36. The van der Waals surface area contributed by atoms with Gasteiger partial charge in [-0.05, 0) is 11.6 Å². The van der Waals surface area contributed by atoms with Crippen LogP contribution in [0.5, 0.6) is 0 Å². The van der Waals surface area contributed by atoms with E-state index in [1.54, 1.807) is 0 Å². The molecule has 5 heteroatoms. The van der Waals surface area contributed by atoms with Crippen molar-refractivity contribution < 1.29 is 13.2 Å². The number of alkyl halides is 4. The van der Waals surface area contributed by atoms with Gasteiger partial charge in [-0.1, -0.05) is 17.7 Å². The zero-order chi connectivity index (χ0) is 9.15. The predicted octanol–water partition coefficient (Wildman–Crippen LogP) is 3.22. The smallest absolute Gasteiger partial charge is 0.169 e. The second-order valence-electron chi connectivity index (χ2n) is 2.86. The molecule has 0 unspecified atom stereocenters. The molecule has 66 valence electrons. The summed E-state index contributed by atoms with van der Waals surface area (Å²) in [6, 6.07) is 0. The molecule has 0 heterocycles. The van der Waals surface area contributed by atoms with Gasteiger partial charge >= 0.3 is 6.18 Å². The normalized spacial score (nSPS) is 38.9. The van der Waals surface area contributed by atoms with E-state index in [1.807, 2.05) is 0 Å². The molecule has 2 aliphatic carbocycles. The molecule has 12 heavy (non-hydrogen) atoms. The maximum absolute atomic E-state index is 12.2. The van der Waals surface area contributed by atoms with Crippen molar-refractivity contribution in [2.24, 2.45) is 5.92 Å². The number of allylic oxidation sites excluding steroid dienone is 4. The average Bonchev–Trinajstić information content (AvgIpc) is 1.92. The molecule has 0 saturated carbocycles. The van der Waals surface area contributed by atoms with Gasteiger partial charge in [0.2, 0.25) is 0 Å². The van der Waals surface area contributed by atoms with Gasteiger partial charge in [0.15, 0.2) is 4.87 Å². The zero-order valence-corrected chi connectivity index (χ0v) is 7.13. The molecule has 0 radical (unpaired) electrons. The lowest BCUT2D eigenvalue weighted by Crippen LogP contribution is -2.54. The Morgan fingerprint density at radius 2 is 2.00 bits per heavy atom. The third kappa shape index (κ3) is 0.761. The lowest BCUT2D eigenvalue weighted by atomic mass is 9.66. The Bertz CT molecular complexity index is 302. The molecule has 0 aliphatic heterocycles. The third-order valence-electron chi connectivity index (χ3n) is 2.18. The second-order valence-corrected chi connectivity index (χ2v) is 3.89. The summed E-state index contributed by atoms with van der Waals surface area (Å²) < 4.78 is 36.7. The first kappa shape index (κ1) is 8.45. The van der Waals surface area contributed by atoms with Crippen LogP contribution in [-0.2, 0) is 0 Å². The van der Waals surface area contributed by atoms with Crippen LogP contribution < -0.4 is 0 Å². The number of hydrogen-bond acceptors (Lipinski definition) is 0. The van der Waals surface area contributed by atoms with E-state index in [1.165, 1.54) is 6.08 Å².